The summed E-state index contributed by atoms with van der Waals surface area (Å²) in [7, 11) is 0. The van der Waals surface area contributed by atoms with Gasteiger partial charge in [-0.3, -0.25) is 0 Å². The number of fused-ring (bicyclic) bond motifs is 1. The summed E-state index contributed by atoms with van der Waals surface area (Å²) in [6.07, 6.45) is 4.99. The number of hydrogen-bond acceptors (Lipinski definition) is 3. The van der Waals surface area contributed by atoms with Gasteiger partial charge in [-0.25, -0.2) is 0 Å². The summed E-state index contributed by atoms with van der Waals surface area (Å²) >= 11 is 0. The van der Waals surface area contributed by atoms with E-state index in [4.69, 9.17) is 14.2 Å². The highest BCUT2D eigenvalue weighted by atomic mass is 16.8. The fraction of sp³-hybridized carbons (Fsp3) is 1.00. The first-order chi connectivity index (χ1) is 8.96. The van der Waals surface area contributed by atoms with Gasteiger partial charge in [0.2, 0.25) is 0 Å². The lowest BCUT2D eigenvalue weighted by molar-refractivity contribution is -0.285. The van der Waals surface area contributed by atoms with Crippen LogP contribution in [0, 0.1) is 23.7 Å². The first kappa shape index (κ1) is 12.6. The van der Waals surface area contributed by atoms with Crippen LogP contribution >= 0.6 is 0 Å². The van der Waals surface area contributed by atoms with Crippen molar-refractivity contribution < 1.29 is 14.2 Å². The second-order valence-electron chi connectivity index (χ2n) is 7.55. The molecule has 4 aliphatic rings. The van der Waals surface area contributed by atoms with E-state index in [1.807, 2.05) is 0 Å². The van der Waals surface area contributed by atoms with Crippen LogP contribution in [0.3, 0.4) is 0 Å². The topological polar surface area (TPSA) is 27.7 Å². The average Bonchev–Trinajstić information content (AvgIpc) is 2.56. The van der Waals surface area contributed by atoms with E-state index in [9.17, 15) is 0 Å². The van der Waals surface area contributed by atoms with E-state index in [1.54, 1.807) is 0 Å². The van der Waals surface area contributed by atoms with Gasteiger partial charge >= 0.3 is 0 Å². The Hall–Kier alpha value is -0.120. The molecule has 108 valence electrons. The summed E-state index contributed by atoms with van der Waals surface area (Å²) < 4.78 is 19.0. The van der Waals surface area contributed by atoms with Crippen molar-refractivity contribution in [1.82, 2.24) is 0 Å². The summed E-state index contributed by atoms with van der Waals surface area (Å²) in [6, 6.07) is 0. The number of hydrogen-bond donors (Lipinski definition) is 0. The van der Waals surface area contributed by atoms with E-state index in [0.29, 0.717) is 17.8 Å². The maximum Gasteiger partial charge on any atom is 0.190 e. The summed E-state index contributed by atoms with van der Waals surface area (Å²) in [5.41, 5.74) is -0.156. The van der Waals surface area contributed by atoms with Crippen molar-refractivity contribution >= 4 is 0 Å². The fourth-order valence-electron chi connectivity index (χ4n) is 5.35. The molecule has 3 heteroatoms. The predicted octanol–water partition coefficient (Wildman–Crippen LogP) is 3.33. The van der Waals surface area contributed by atoms with Gasteiger partial charge in [0.25, 0.3) is 0 Å². The van der Waals surface area contributed by atoms with Crippen molar-refractivity contribution in [2.75, 3.05) is 0 Å². The lowest BCUT2D eigenvalue weighted by Gasteiger charge is -2.58. The average molecular weight is 266 g/mol. The molecule has 4 rings (SSSR count). The molecule has 0 radical (unpaired) electrons. The molecule has 1 aliphatic carbocycles. The highest BCUT2D eigenvalue weighted by Crippen LogP contribution is 2.63. The second kappa shape index (κ2) is 3.75. The zero-order valence-electron chi connectivity index (χ0n) is 12.5. The zero-order chi connectivity index (χ0) is 13.4. The van der Waals surface area contributed by atoms with Gasteiger partial charge in [0.1, 0.15) is 5.60 Å². The van der Waals surface area contributed by atoms with Crippen LogP contribution in [0.5, 0.6) is 0 Å². The fourth-order valence-corrected chi connectivity index (χ4v) is 5.35. The Bertz CT molecular complexity index is 397. The van der Waals surface area contributed by atoms with Crippen LogP contribution in [0.4, 0.5) is 0 Å². The van der Waals surface area contributed by atoms with Crippen LogP contribution in [0.25, 0.3) is 0 Å². The molecular formula is C16H26O3. The molecule has 1 saturated carbocycles. The third kappa shape index (κ3) is 1.44. The normalized spacial score (nSPS) is 63.8. The van der Waals surface area contributed by atoms with Crippen molar-refractivity contribution in [3.8, 4) is 0 Å². The van der Waals surface area contributed by atoms with E-state index < -0.39 is 5.79 Å². The smallest absolute Gasteiger partial charge is 0.190 e. The Morgan fingerprint density at radius 1 is 1.00 bits per heavy atom. The molecule has 3 heterocycles. The molecule has 0 aromatic carbocycles. The summed E-state index contributed by atoms with van der Waals surface area (Å²) in [5, 5.41) is 0. The molecule has 0 amide bonds. The first-order valence-corrected chi connectivity index (χ1v) is 8.00. The highest BCUT2D eigenvalue weighted by Gasteiger charge is 2.70. The predicted molar refractivity (Wildman–Crippen MR) is 71.4 cm³/mol. The quantitative estimate of drug-likeness (QED) is 0.673. The van der Waals surface area contributed by atoms with Crippen molar-refractivity contribution in [2.24, 2.45) is 23.7 Å². The molecule has 3 aliphatic heterocycles. The molecule has 1 spiro atoms. The van der Waals surface area contributed by atoms with Gasteiger partial charge in [-0.1, -0.05) is 13.8 Å². The molecule has 2 bridgehead atoms. The van der Waals surface area contributed by atoms with E-state index in [2.05, 4.69) is 27.7 Å². The third-order valence-electron chi connectivity index (χ3n) is 6.52. The van der Waals surface area contributed by atoms with Gasteiger partial charge in [-0.2, -0.15) is 0 Å². The molecule has 0 aromatic heterocycles. The molecule has 8 atom stereocenters. The van der Waals surface area contributed by atoms with Crippen LogP contribution in [-0.2, 0) is 14.2 Å². The van der Waals surface area contributed by atoms with Gasteiger partial charge in [-0.15, -0.1) is 0 Å². The van der Waals surface area contributed by atoms with E-state index in [1.165, 1.54) is 19.3 Å². The van der Waals surface area contributed by atoms with E-state index in [0.717, 1.165) is 12.3 Å². The highest BCUT2D eigenvalue weighted by molar-refractivity contribution is 5.12. The van der Waals surface area contributed by atoms with Gasteiger partial charge in [0.15, 0.2) is 12.1 Å². The Kier molecular flexibility index (Phi) is 2.49. The van der Waals surface area contributed by atoms with Gasteiger partial charge in [-0.05, 0) is 56.8 Å². The minimum Gasteiger partial charge on any atom is -0.346 e. The summed E-state index contributed by atoms with van der Waals surface area (Å²) in [6.45, 7) is 9.02. The molecule has 0 aromatic rings. The molecule has 3 nitrogen and oxygen atoms in total. The van der Waals surface area contributed by atoms with Gasteiger partial charge in [0.05, 0.1) is 6.10 Å². The molecule has 19 heavy (non-hydrogen) atoms. The van der Waals surface area contributed by atoms with Crippen molar-refractivity contribution in [3.63, 3.8) is 0 Å². The molecule has 4 fully saturated rings. The van der Waals surface area contributed by atoms with Crippen molar-refractivity contribution in [3.05, 3.63) is 0 Å². The Balaban J connectivity index is 1.81. The molecule has 0 unspecified atom stereocenters. The summed E-state index contributed by atoms with van der Waals surface area (Å²) in [4.78, 5) is 0. The van der Waals surface area contributed by atoms with Crippen LogP contribution < -0.4 is 0 Å². The summed E-state index contributed by atoms with van der Waals surface area (Å²) in [5.74, 6) is 2.11. The Morgan fingerprint density at radius 3 is 2.58 bits per heavy atom. The largest absolute Gasteiger partial charge is 0.346 e. The van der Waals surface area contributed by atoms with E-state index in [-0.39, 0.29) is 18.0 Å². The number of rotatable bonds is 0. The lowest BCUT2D eigenvalue weighted by Crippen LogP contribution is -2.65. The molecule has 3 saturated heterocycles. The molecular weight excluding hydrogens is 240 g/mol. The first-order valence-electron chi connectivity index (χ1n) is 8.00. The van der Waals surface area contributed by atoms with E-state index >= 15 is 0 Å². The Morgan fingerprint density at radius 2 is 1.79 bits per heavy atom. The lowest BCUT2D eigenvalue weighted by atomic mass is 9.56. The maximum absolute atomic E-state index is 6.59. The number of ether oxygens (including phenoxy) is 3. The van der Waals surface area contributed by atoms with Crippen LogP contribution in [0.1, 0.15) is 53.4 Å². The standard InChI is InChI=1S/C16H26O3/c1-9-5-6-13-10(2)11(3)17-14-16(13)12(9)7-8-15(4,18-14)19-16/h9-14H,5-8H2,1-4H3/t9-,10+,11-,12+,13+,14-,15+,16-/m1/s1. The minimum absolute atomic E-state index is 0.135. The monoisotopic (exact) mass is 266 g/mol. The van der Waals surface area contributed by atoms with Gasteiger partial charge in [0, 0.05) is 6.42 Å². The Labute approximate surface area is 116 Å². The van der Waals surface area contributed by atoms with Crippen molar-refractivity contribution in [1.29, 1.82) is 0 Å². The minimum atomic E-state index is -0.403. The van der Waals surface area contributed by atoms with Crippen LogP contribution in [0.2, 0.25) is 0 Å². The third-order valence-corrected chi connectivity index (χ3v) is 6.52. The van der Waals surface area contributed by atoms with Crippen LogP contribution in [-0.4, -0.2) is 23.8 Å². The van der Waals surface area contributed by atoms with Gasteiger partial charge < -0.3 is 14.2 Å². The molecule has 0 N–H and O–H groups in total. The van der Waals surface area contributed by atoms with Crippen molar-refractivity contribution in [2.45, 2.75) is 77.2 Å². The zero-order valence-corrected chi connectivity index (χ0v) is 12.5. The SMILES string of the molecule is C[C@H]1[C@@H](C)O[C@@H]2O[C@]3(C)CC[C@H]4[C@H](C)CC[C@@H]1[C@@]24O3. The van der Waals surface area contributed by atoms with Crippen LogP contribution in [0.15, 0.2) is 0 Å². The maximum atomic E-state index is 6.59. The second-order valence-corrected chi connectivity index (χ2v) is 7.55.